The number of hydrogen-bond donors (Lipinski definition) is 0. The molecule has 0 saturated carbocycles. The molecule has 2 aliphatic rings. The maximum Gasteiger partial charge on any atom is 0.213 e. The Kier molecular flexibility index (Phi) is 13.5. The van der Waals surface area contributed by atoms with E-state index in [2.05, 4.69) is 56.5 Å². The highest BCUT2D eigenvalue weighted by molar-refractivity contribution is 7.10. The van der Waals surface area contributed by atoms with Gasteiger partial charge in [-0.1, -0.05) is 23.7 Å². The van der Waals surface area contributed by atoms with E-state index in [9.17, 15) is 0 Å². The van der Waals surface area contributed by atoms with Crippen molar-refractivity contribution in [2.24, 2.45) is 0 Å². The van der Waals surface area contributed by atoms with Crippen LogP contribution in [-0.4, -0.2) is 118 Å². The molecule has 0 radical (unpaired) electrons. The molecule has 2 aliphatic heterocycles. The zero-order chi connectivity index (χ0) is 37.8. The van der Waals surface area contributed by atoms with Crippen LogP contribution >= 0.6 is 34.7 Å². The first-order valence-electron chi connectivity index (χ1n) is 18.4. The minimum atomic E-state index is 0.676. The number of benzene rings is 2. The van der Waals surface area contributed by atoms with Gasteiger partial charge in [0.25, 0.3) is 0 Å². The van der Waals surface area contributed by atoms with Crippen molar-refractivity contribution in [2.75, 3.05) is 89.5 Å². The van der Waals surface area contributed by atoms with Crippen LogP contribution in [0.1, 0.15) is 11.1 Å². The maximum atomic E-state index is 5.96. The Bertz CT molecular complexity index is 2050. The third-order valence-corrected chi connectivity index (χ3v) is 11.6. The van der Waals surface area contributed by atoms with Crippen LogP contribution in [0, 0.1) is 0 Å². The van der Waals surface area contributed by atoms with Crippen molar-refractivity contribution in [3.63, 3.8) is 0 Å². The molecule has 0 bridgehead atoms. The first-order valence-corrected chi connectivity index (χ1v) is 20.4. The van der Waals surface area contributed by atoms with Crippen molar-refractivity contribution in [2.45, 2.75) is 12.8 Å². The molecule has 2 aromatic carbocycles. The Morgan fingerprint density at radius 2 is 1.15 bits per heavy atom. The van der Waals surface area contributed by atoms with E-state index in [0.717, 1.165) is 122 Å². The van der Waals surface area contributed by atoms with Gasteiger partial charge in [0.2, 0.25) is 16.1 Å². The number of hydrogen-bond acceptors (Lipinski definition) is 14. The quantitative estimate of drug-likeness (QED) is 0.133. The van der Waals surface area contributed by atoms with Gasteiger partial charge in [-0.05, 0) is 78.6 Å². The molecule has 15 heteroatoms. The van der Waals surface area contributed by atoms with Crippen LogP contribution < -0.4 is 19.3 Å². The Morgan fingerprint density at radius 3 is 1.69 bits per heavy atom. The molecular weight excluding hydrogens is 752 g/mol. The van der Waals surface area contributed by atoms with E-state index >= 15 is 0 Å². The lowest BCUT2D eigenvalue weighted by Gasteiger charge is -2.34. The number of anilines is 2. The summed E-state index contributed by atoms with van der Waals surface area (Å²) in [6.45, 7) is 10.2. The average Bonchev–Trinajstić information content (AvgIpc) is 3.96. The third-order valence-electron chi connectivity index (χ3n) is 9.76. The average molecular weight is 797 g/mol. The maximum absolute atomic E-state index is 5.96. The lowest BCUT2D eigenvalue weighted by molar-refractivity contribution is 0.261. The van der Waals surface area contributed by atoms with E-state index in [1.165, 1.54) is 34.2 Å². The molecule has 0 atom stereocenters. The van der Waals surface area contributed by atoms with Crippen LogP contribution in [-0.2, 0) is 12.8 Å². The monoisotopic (exact) mass is 796 g/mol. The van der Waals surface area contributed by atoms with Gasteiger partial charge in [-0.3, -0.25) is 14.8 Å². The summed E-state index contributed by atoms with van der Waals surface area (Å²) in [6.07, 6.45) is 7.42. The van der Waals surface area contributed by atoms with Gasteiger partial charge in [0.1, 0.15) is 5.75 Å². The molecule has 0 spiro atoms. The zero-order valence-corrected chi connectivity index (χ0v) is 33.5. The van der Waals surface area contributed by atoms with E-state index in [-0.39, 0.29) is 0 Å². The number of methoxy groups -OCH3 is 2. The molecule has 0 N–H and O–H groups in total. The predicted octanol–water partition coefficient (Wildman–Crippen LogP) is 6.60. The van der Waals surface area contributed by atoms with Crippen LogP contribution in [0.3, 0.4) is 0 Å². The molecule has 6 heterocycles. The van der Waals surface area contributed by atoms with Gasteiger partial charge in [0.05, 0.1) is 14.2 Å². The molecule has 2 saturated heterocycles. The second-order valence-electron chi connectivity index (χ2n) is 13.3. The highest BCUT2D eigenvalue weighted by Gasteiger charge is 2.22. The minimum absolute atomic E-state index is 0.676. The molecule has 0 aliphatic carbocycles. The summed E-state index contributed by atoms with van der Waals surface area (Å²) in [5.41, 5.74) is 4.62. The molecule has 12 nitrogen and oxygen atoms in total. The second-order valence-corrected chi connectivity index (χ2v) is 15.2. The summed E-state index contributed by atoms with van der Waals surface area (Å²) in [6, 6.07) is 24.0. The number of aromatic nitrogens is 6. The Labute approximate surface area is 335 Å². The smallest absolute Gasteiger partial charge is 0.213 e. The number of halogens is 1. The Balaban J connectivity index is 0.000000169. The van der Waals surface area contributed by atoms with Crippen molar-refractivity contribution >= 4 is 44.9 Å². The van der Waals surface area contributed by atoms with Crippen LogP contribution in [0.2, 0.25) is 5.02 Å². The molecular formula is C40H45ClN10O2S2. The van der Waals surface area contributed by atoms with E-state index in [0.29, 0.717) is 5.88 Å². The number of piperazine rings is 2. The van der Waals surface area contributed by atoms with E-state index in [1.807, 2.05) is 54.6 Å². The van der Waals surface area contributed by atoms with E-state index in [1.54, 1.807) is 32.8 Å². The Morgan fingerprint density at radius 1 is 0.600 bits per heavy atom. The lowest BCUT2D eigenvalue weighted by atomic mass is 10.1. The summed E-state index contributed by atoms with van der Waals surface area (Å²) < 4.78 is 19.4. The number of pyridine rings is 2. The first-order chi connectivity index (χ1) is 27.0. The topological polar surface area (TPSA) is 109 Å². The Hall–Kier alpha value is -4.73. The standard InChI is InChI=1S/C20H22ClN5OS.C20H23N5OS/c1-27-18-14-15(6-8-22-18)7-9-25-10-12-26(13-11-25)20-23-19(24-28-20)16-2-4-17(21)5-3-16;1-26-18-4-2-16(3-5-18)8-11-24-12-14-25(15-13-24)20-22-19(23-27-20)17-6-9-21-10-7-17/h2-6,8,14H,7,9-13H2,1H3;2-7,9-10H,8,11-15H2,1H3. The number of rotatable bonds is 12. The fraction of sp³-hybridized carbons (Fsp3) is 0.350. The van der Waals surface area contributed by atoms with Crippen LogP contribution in [0.25, 0.3) is 22.8 Å². The fourth-order valence-electron chi connectivity index (χ4n) is 6.43. The lowest BCUT2D eigenvalue weighted by Crippen LogP contribution is -2.47. The minimum Gasteiger partial charge on any atom is -0.497 e. The van der Waals surface area contributed by atoms with Crippen LogP contribution in [0.15, 0.2) is 91.4 Å². The van der Waals surface area contributed by atoms with Gasteiger partial charge in [-0.25, -0.2) is 4.98 Å². The number of ether oxygens (including phenoxy) is 2. The molecule has 2 fully saturated rings. The second kappa shape index (κ2) is 19.2. The predicted molar refractivity (Wildman–Crippen MR) is 222 cm³/mol. The van der Waals surface area contributed by atoms with Gasteiger partial charge in [-0.15, -0.1) is 0 Å². The molecule has 0 amide bonds. The summed E-state index contributed by atoms with van der Waals surface area (Å²) in [7, 11) is 3.35. The summed E-state index contributed by atoms with van der Waals surface area (Å²) in [4.78, 5) is 27.3. The normalized spacial score (nSPS) is 15.0. The third kappa shape index (κ3) is 10.7. The SMILES string of the molecule is COc1cc(CCN2CCN(c3nc(-c4ccc(Cl)cc4)ns3)CC2)ccn1.COc1ccc(CCN2CCN(c3nc(-c4ccncc4)ns3)CC2)cc1. The van der Waals surface area contributed by atoms with Crippen LogP contribution in [0.5, 0.6) is 11.6 Å². The van der Waals surface area contributed by atoms with E-state index < -0.39 is 0 Å². The van der Waals surface area contributed by atoms with Crippen LogP contribution in [0.4, 0.5) is 10.3 Å². The van der Waals surface area contributed by atoms with E-state index in [4.69, 9.17) is 31.0 Å². The van der Waals surface area contributed by atoms with Gasteiger partial charge >= 0.3 is 0 Å². The number of nitrogens with zero attached hydrogens (tertiary/aromatic N) is 10. The van der Waals surface area contributed by atoms with Crippen molar-refractivity contribution < 1.29 is 9.47 Å². The molecule has 8 rings (SSSR count). The van der Waals surface area contributed by atoms with Gasteiger partial charge < -0.3 is 19.3 Å². The van der Waals surface area contributed by atoms with Gasteiger partial charge in [0, 0.05) is 129 Å². The summed E-state index contributed by atoms with van der Waals surface area (Å²) in [5, 5.41) is 2.72. The fourth-order valence-corrected chi connectivity index (χ4v) is 8.04. The molecule has 0 unspecified atom stereocenters. The molecule has 286 valence electrons. The van der Waals surface area contributed by atoms with Crippen molar-refractivity contribution in [1.82, 2.24) is 38.5 Å². The summed E-state index contributed by atoms with van der Waals surface area (Å²) in [5.74, 6) is 3.15. The zero-order valence-electron chi connectivity index (χ0n) is 31.1. The molecule has 55 heavy (non-hydrogen) atoms. The molecule has 4 aromatic heterocycles. The van der Waals surface area contributed by atoms with Crippen molar-refractivity contribution in [3.8, 4) is 34.4 Å². The van der Waals surface area contributed by atoms with Crippen molar-refractivity contribution in [3.05, 3.63) is 108 Å². The van der Waals surface area contributed by atoms with Gasteiger partial charge in [-0.2, -0.15) is 18.7 Å². The molecule has 6 aromatic rings. The highest BCUT2D eigenvalue weighted by atomic mass is 35.5. The largest absolute Gasteiger partial charge is 0.497 e. The highest BCUT2D eigenvalue weighted by Crippen LogP contribution is 2.27. The first kappa shape index (κ1) is 38.5. The summed E-state index contributed by atoms with van der Waals surface area (Å²) >= 11 is 8.90. The van der Waals surface area contributed by atoms with Gasteiger partial charge in [0.15, 0.2) is 11.6 Å². The van der Waals surface area contributed by atoms with Crippen molar-refractivity contribution in [1.29, 1.82) is 0 Å².